The molecule has 0 aliphatic heterocycles. The second-order valence-corrected chi connectivity index (χ2v) is 7.73. The Kier molecular flexibility index (Phi) is 4.42. The Morgan fingerprint density at radius 2 is 2.11 bits per heavy atom. The summed E-state index contributed by atoms with van der Waals surface area (Å²) in [5.41, 5.74) is 0. The number of nitrogens with zero attached hydrogens (tertiary/aromatic N) is 1. The molecule has 0 unspecified atom stereocenters. The van der Waals surface area contributed by atoms with Gasteiger partial charge in [-0.15, -0.1) is 11.3 Å². The van der Waals surface area contributed by atoms with Crippen molar-refractivity contribution in [1.82, 2.24) is 9.62 Å². The van der Waals surface area contributed by atoms with E-state index < -0.39 is 10.0 Å². The van der Waals surface area contributed by atoms with Gasteiger partial charge < -0.3 is 5.32 Å². The lowest BCUT2D eigenvalue weighted by molar-refractivity contribution is 0.373. The van der Waals surface area contributed by atoms with Gasteiger partial charge in [0.25, 0.3) is 0 Å². The van der Waals surface area contributed by atoms with E-state index in [0.29, 0.717) is 11.4 Å². The van der Waals surface area contributed by atoms with Gasteiger partial charge in [-0.05, 0) is 26.0 Å². The van der Waals surface area contributed by atoms with Crippen LogP contribution in [0.4, 0.5) is 0 Å². The second-order valence-electron chi connectivity index (χ2n) is 4.74. The molecule has 0 aromatic carbocycles. The standard InChI is InChI=1S/C12H20N2O2S2/c1-13-8-11-7-12(9-17-11)18(15,16)14(2)10-5-3-4-6-10/h7,9-10,13H,3-6,8H2,1-2H3. The molecule has 1 saturated carbocycles. The van der Waals surface area contributed by atoms with Gasteiger partial charge >= 0.3 is 0 Å². The maximum atomic E-state index is 12.4. The van der Waals surface area contributed by atoms with Crippen LogP contribution in [0.3, 0.4) is 0 Å². The summed E-state index contributed by atoms with van der Waals surface area (Å²) in [7, 11) is 0.265. The molecule has 6 heteroatoms. The second kappa shape index (κ2) is 5.69. The van der Waals surface area contributed by atoms with Crippen molar-refractivity contribution in [1.29, 1.82) is 0 Å². The van der Waals surface area contributed by atoms with Crippen molar-refractivity contribution >= 4 is 21.4 Å². The fraction of sp³-hybridized carbons (Fsp3) is 0.667. The molecule has 1 fully saturated rings. The molecular weight excluding hydrogens is 268 g/mol. The van der Waals surface area contributed by atoms with Crippen molar-refractivity contribution in [2.24, 2.45) is 0 Å². The van der Waals surface area contributed by atoms with Crippen molar-refractivity contribution in [3.63, 3.8) is 0 Å². The van der Waals surface area contributed by atoms with E-state index in [9.17, 15) is 8.42 Å². The van der Waals surface area contributed by atoms with Crippen LogP contribution in [0.25, 0.3) is 0 Å². The van der Waals surface area contributed by atoms with Crippen LogP contribution in [0.2, 0.25) is 0 Å². The van der Waals surface area contributed by atoms with E-state index in [1.165, 1.54) is 11.3 Å². The van der Waals surface area contributed by atoms with Crippen molar-refractivity contribution in [2.45, 2.75) is 43.2 Å². The van der Waals surface area contributed by atoms with E-state index in [2.05, 4.69) is 5.32 Å². The third-order valence-electron chi connectivity index (χ3n) is 3.50. The zero-order chi connectivity index (χ0) is 13.2. The summed E-state index contributed by atoms with van der Waals surface area (Å²) in [5.74, 6) is 0. The molecule has 102 valence electrons. The summed E-state index contributed by atoms with van der Waals surface area (Å²) in [6.07, 6.45) is 4.25. The zero-order valence-electron chi connectivity index (χ0n) is 10.8. The molecule has 1 N–H and O–H groups in total. The lowest BCUT2D eigenvalue weighted by Crippen LogP contribution is -2.34. The highest BCUT2D eigenvalue weighted by Crippen LogP contribution is 2.29. The minimum atomic E-state index is -3.30. The van der Waals surface area contributed by atoms with Gasteiger partial charge in [-0.2, -0.15) is 4.31 Å². The number of hydrogen-bond acceptors (Lipinski definition) is 4. The number of thiophene rings is 1. The van der Waals surface area contributed by atoms with Gasteiger partial charge in [-0.25, -0.2) is 8.42 Å². The van der Waals surface area contributed by atoms with E-state index in [-0.39, 0.29) is 6.04 Å². The summed E-state index contributed by atoms with van der Waals surface area (Å²) in [5, 5.41) is 4.78. The molecule has 1 aromatic rings. The Labute approximate surface area is 113 Å². The van der Waals surface area contributed by atoms with Gasteiger partial charge in [0.05, 0.1) is 4.90 Å². The van der Waals surface area contributed by atoms with Crippen molar-refractivity contribution in [3.05, 3.63) is 16.3 Å². The summed E-state index contributed by atoms with van der Waals surface area (Å²) >= 11 is 1.49. The number of nitrogens with one attached hydrogen (secondary N) is 1. The van der Waals surface area contributed by atoms with Crippen molar-refractivity contribution in [2.75, 3.05) is 14.1 Å². The highest BCUT2D eigenvalue weighted by molar-refractivity contribution is 7.89. The number of sulfonamides is 1. The SMILES string of the molecule is CNCc1cc(S(=O)(=O)N(C)C2CCCC2)cs1. The van der Waals surface area contributed by atoms with Gasteiger partial charge in [0.2, 0.25) is 10.0 Å². The fourth-order valence-corrected chi connectivity index (χ4v) is 5.08. The average molecular weight is 288 g/mol. The minimum absolute atomic E-state index is 0.183. The smallest absolute Gasteiger partial charge is 0.243 e. The van der Waals surface area contributed by atoms with Crippen LogP contribution in [0.15, 0.2) is 16.3 Å². The third kappa shape index (κ3) is 2.77. The summed E-state index contributed by atoms with van der Waals surface area (Å²) in [6.45, 7) is 0.716. The summed E-state index contributed by atoms with van der Waals surface area (Å²) in [4.78, 5) is 1.49. The number of hydrogen-bond donors (Lipinski definition) is 1. The third-order valence-corrected chi connectivity index (χ3v) is 6.47. The molecule has 0 bridgehead atoms. The minimum Gasteiger partial charge on any atom is -0.315 e. The molecule has 18 heavy (non-hydrogen) atoms. The Balaban J connectivity index is 2.18. The summed E-state index contributed by atoms with van der Waals surface area (Å²) < 4.78 is 26.5. The molecule has 4 nitrogen and oxygen atoms in total. The molecule has 0 amide bonds. The molecule has 1 aliphatic rings. The number of rotatable bonds is 5. The first-order valence-electron chi connectivity index (χ1n) is 6.25. The normalized spacial score (nSPS) is 17.7. The highest BCUT2D eigenvalue weighted by atomic mass is 32.2. The van der Waals surface area contributed by atoms with E-state index >= 15 is 0 Å². The Bertz CT molecular complexity index is 490. The Morgan fingerprint density at radius 3 is 2.72 bits per heavy atom. The summed E-state index contributed by atoms with van der Waals surface area (Å²) in [6, 6.07) is 1.96. The van der Waals surface area contributed by atoms with Gasteiger partial charge in [0, 0.05) is 29.9 Å². The first-order valence-corrected chi connectivity index (χ1v) is 8.57. The topological polar surface area (TPSA) is 49.4 Å². The fourth-order valence-electron chi connectivity index (χ4n) is 2.39. The Morgan fingerprint density at radius 1 is 1.44 bits per heavy atom. The lowest BCUT2D eigenvalue weighted by Gasteiger charge is -2.22. The van der Waals surface area contributed by atoms with Crippen LogP contribution < -0.4 is 5.32 Å². The maximum absolute atomic E-state index is 12.4. The van der Waals surface area contributed by atoms with Crippen LogP contribution in [0.1, 0.15) is 30.6 Å². The first kappa shape index (κ1) is 14.0. The molecule has 1 aromatic heterocycles. The van der Waals surface area contributed by atoms with Crippen LogP contribution in [0.5, 0.6) is 0 Å². The maximum Gasteiger partial charge on any atom is 0.243 e. The molecule has 0 radical (unpaired) electrons. The monoisotopic (exact) mass is 288 g/mol. The van der Waals surface area contributed by atoms with Crippen LogP contribution in [-0.4, -0.2) is 32.9 Å². The first-order chi connectivity index (χ1) is 8.55. The predicted octanol–water partition coefficient (Wildman–Crippen LogP) is 2.03. The van der Waals surface area contributed by atoms with E-state index in [4.69, 9.17) is 0 Å². The molecule has 0 atom stereocenters. The molecule has 0 spiro atoms. The van der Waals surface area contributed by atoms with Gasteiger partial charge in [0.15, 0.2) is 0 Å². The van der Waals surface area contributed by atoms with Crippen LogP contribution in [0, 0.1) is 0 Å². The van der Waals surface area contributed by atoms with Gasteiger partial charge in [-0.1, -0.05) is 12.8 Å². The van der Waals surface area contributed by atoms with E-state index in [0.717, 1.165) is 30.6 Å². The largest absolute Gasteiger partial charge is 0.315 e. The zero-order valence-corrected chi connectivity index (χ0v) is 12.5. The predicted molar refractivity (Wildman–Crippen MR) is 74.3 cm³/mol. The van der Waals surface area contributed by atoms with E-state index in [1.807, 2.05) is 7.05 Å². The van der Waals surface area contributed by atoms with Crippen LogP contribution >= 0.6 is 11.3 Å². The molecule has 1 heterocycles. The van der Waals surface area contributed by atoms with Gasteiger partial charge in [0.1, 0.15) is 0 Å². The molecular formula is C12H20N2O2S2. The average Bonchev–Trinajstić information content (AvgIpc) is 2.99. The lowest BCUT2D eigenvalue weighted by atomic mass is 10.3. The molecule has 1 aliphatic carbocycles. The molecule has 2 rings (SSSR count). The van der Waals surface area contributed by atoms with Crippen molar-refractivity contribution < 1.29 is 8.42 Å². The highest BCUT2D eigenvalue weighted by Gasteiger charge is 2.30. The quantitative estimate of drug-likeness (QED) is 0.902. The van der Waals surface area contributed by atoms with Gasteiger partial charge in [-0.3, -0.25) is 0 Å². The van der Waals surface area contributed by atoms with Crippen molar-refractivity contribution in [3.8, 4) is 0 Å². The molecule has 0 saturated heterocycles. The van der Waals surface area contributed by atoms with Crippen LogP contribution in [-0.2, 0) is 16.6 Å². The Hall–Kier alpha value is -0.430. The van der Waals surface area contributed by atoms with E-state index in [1.54, 1.807) is 22.8 Å².